The van der Waals surface area contributed by atoms with E-state index in [4.69, 9.17) is 5.84 Å². The third-order valence-corrected chi connectivity index (χ3v) is 1.34. The maximum absolute atomic E-state index is 5.17. The van der Waals surface area contributed by atoms with Gasteiger partial charge in [-0.25, -0.2) is 5.84 Å². The fourth-order valence-electron chi connectivity index (χ4n) is 0.914. The summed E-state index contributed by atoms with van der Waals surface area (Å²) >= 11 is 0. The molecule has 1 rings (SSSR count). The number of nitrogen functional groups attached to an aromatic ring is 1. The summed E-state index contributed by atoms with van der Waals surface area (Å²) in [7, 11) is 0. The fourth-order valence-corrected chi connectivity index (χ4v) is 0.914. The van der Waals surface area contributed by atoms with Gasteiger partial charge in [0.2, 0.25) is 0 Å². The number of nitrogens with two attached hydrogens (primary N) is 1. The molecule has 0 radical (unpaired) electrons. The third-order valence-electron chi connectivity index (χ3n) is 1.34. The molecule has 0 aliphatic carbocycles. The minimum absolute atomic E-state index is 0.612. The van der Waals surface area contributed by atoms with Crippen molar-refractivity contribution in [1.29, 1.82) is 0 Å². The maximum atomic E-state index is 5.17. The average molecular weight is 154 g/mol. The van der Waals surface area contributed by atoms with E-state index < -0.39 is 0 Å². The Morgan fingerprint density at radius 1 is 1.73 bits per heavy atom. The monoisotopic (exact) mass is 154 g/mol. The van der Waals surface area contributed by atoms with Crippen LogP contribution in [0.1, 0.15) is 13.8 Å². The topological polar surface area (TPSA) is 55.9 Å². The second-order valence-corrected chi connectivity index (χ2v) is 2.96. The van der Waals surface area contributed by atoms with E-state index in [0.717, 1.165) is 6.54 Å². The number of rotatable bonds is 3. The molecule has 3 N–H and O–H groups in total. The Balaban J connectivity index is 2.58. The predicted molar refractivity (Wildman–Crippen MR) is 44.9 cm³/mol. The van der Waals surface area contributed by atoms with Crippen LogP contribution in [0.2, 0.25) is 0 Å². The van der Waals surface area contributed by atoms with Gasteiger partial charge in [0.05, 0.1) is 0 Å². The summed E-state index contributed by atoms with van der Waals surface area (Å²) in [4.78, 5) is 0. The van der Waals surface area contributed by atoms with Crippen molar-refractivity contribution in [2.24, 2.45) is 11.8 Å². The van der Waals surface area contributed by atoms with Crippen molar-refractivity contribution in [3.8, 4) is 0 Å². The summed E-state index contributed by atoms with van der Waals surface area (Å²) in [5.74, 6) is 6.49. The van der Waals surface area contributed by atoms with Crippen LogP contribution in [0.4, 0.5) is 5.82 Å². The van der Waals surface area contributed by atoms with Gasteiger partial charge in [-0.1, -0.05) is 13.8 Å². The Hall–Kier alpha value is -1.03. The SMILES string of the molecule is CC(C)Cn1ccc(NN)n1. The first-order valence-electron chi connectivity index (χ1n) is 3.72. The Labute approximate surface area is 66.4 Å². The van der Waals surface area contributed by atoms with E-state index in [1.165, 1.54) is 0 Å². The van der Waals surface area contributed by atoms with Gasteiger partial charge in [0.1, 0.15) is 0 Å². The summed E-state index contributed by atoms with van der Waals surface area (Å²) in [5.41, 5.74) is 2.49. The molecular formula is C7H14N4. The molecule has 0 unspecified atom stereocenters. The van der Waals surface area contributed by atoms with Gasteiger partial charge in [0.15, 0.2) is 5.82 Å². The van der Waals surface area contributed by atoms with Crippen LogP contribution in [0.15, 0.2) is 12.3 Å². The molecule has 1 aromatic rings. The van der Waals surface area contributed by atoms with Crippen LogP contribution >= 0.6 is 0 Å². The summed E-state index contributed by atoms with van der Waals surface area (Å²) in [6.07, 6.45) is 1.91. The van der Waals surface area contributed by atoms with Gasteiger partial charge in [0, 0.05) is 18.8 Å². The molecule has 1 aromatic heterocycles. The first kappa shape index (κ1) is 8.07. The van der Waals surface area contributed by atoms with Crippen LogP contribution in [0, 0.1) is 5.92 Å². The highest BCUT2D eigenvalue weighted by molar-refractivity contribution is 5.29. The molecule has 0 bridgehead atoms. The van der Waals surface area contributed by atoms with Gasteiger partial charge in [-0.2, -0.15) is 5.10 Å². The Bertz CT molecular complexity index is 216. The summed E-state index contributed by atoms with van der Waals surface area (Å²) in [5, 5.41) is 4.15. The summed E-state index contributed by atoms with van der Waals surface area (Å²) in [6, 6.07) is 1.85. The van der Waals surface area contributed by atoms with E-state index in [1.807, 2.05) is 16.9 Å². The zero-order chi connectivity index (χ0) is 8.27. The van der Waals surface area contributed by atoms with E-state index >= 15 is 0 Å². The van der Waals surface area contributed by atoms with Crippen LogP contribution in [0.3, 0.4) is 0 Å². The number of hydrogen-bond acceptors (Lipinski definition) is 3. The molecule has 0 saturated heterocycles. The van der Waals surface area contributed by atoms with E-state index in [-0.39, 0.29) is 0 Å². The molecule has 0 amide bonds. The van der Waals surface area contributed by atoms with Gasteiger partial charge in [0.25, 0.3) is 0 Å². The van der Waals surface area contributed by atoms with Gasteiger partial charge in [-0.05, 0) is 5.92 Å². The Morgan fingerprint density at radius 2 is 2.45 bits per heavy atom. The molecule has 4 nitrogen and oxygen atoms in total. The molecular weight excluding hydrogens is 140 g/mol. The quantitative estimate of drug-likeness (QED) is 0.500. The molecule has 1 heterocycles. The lowest BCUT2D eigenvalue weighted by Gasteiger charge is -2.03. The van der Waals surface area contributed by atoms with Gasteiger partial charge < -0.3 is 5.43 Å². The average Bonchev–Trinajstić information content (AvgIpc) is 2.34. The molecule has 0 spiro atoms. The van der Waals surface area contributed by atoms with E-state index in [2.05, 4.69) is 24.4 Å². The van der Waals surface area contributed by atoms with Crippen molar-refractivity contribution in [2.45, 2.75) is 20.4 Å². The van der Waals surface area contributed by atoms with E-state index in [1.54, 1.807) is 0 Å². The van der Waals surface area contributed by atoms with Crippen molar-refractivity contribution >= 4 is 5.82 Å². The molecule has 4 heteroatoms. The van der Waals surface area contributed by atoms with Gasteiger partial charge >= 0.3 is 0 Å². The lowest BCUT2D eigenvalue weighted by Crippen LogP contribution is -2.09. The largest absolute Gasteiger partial charge is 0.307 e. The van der Waals surface area contributed by atoms with Gasteiger partial charge in [-0.3, -0.25) is 4.68 Å². The van der Waals surface area contributed by atoms with Gasteiger partial charge in [-0.15, -0.1) is 0 Å². The number of aromatic nitrogens is 2. The summed E-state index contributed by atoms with van der Waals surface area (Å²) < 4.78 is 1.87. The standard InChI is InChI=1S/C7H14N4/c1-6(2)5-11-4-3-7(9-8)10-11/h3-4,6H,5,8H2,1-2H3,(H,9,10). The molecule has 0 aromatic carbocycles. The van der Waals surface area contributed by atoms with Crippen LogP contribution in [-0.4, -0.2) is 9.78 Å². The minimum Gasteiger partial charge on any atom is -0.307 e. The van der Waals surface area contributed by atoms with Crippen molar-refractivity contribution in [3.05, 3.63) is 12.3 Å². The molecule has 0 fully saturated rings. The van der Waals surface area contributed by atoms with Crippen molar-refractivity contribution in [1.82, 2.24) is 9.78 Å². The van der Waals surface area contributed by atoms with Crippen molar-refractivity contribution in [3.63, 3.8) is 0 Å². The van der Waals surface area contributed by atoms with Crippen LogP contribution < -0.4 is 11.3 Å². The van der Waals surface area contributed by atoms with Crippen LogP contribution in [-0.2, 0) is 6.54 Å². The second-order valence-electron chi connectivity index (χ2n) is 2.96. The zero-order valence-corrected chi connectivity index (χ0v) is 6.91. The third kappa shape index (κ3) is 2.23. The molecule has 0 aliphatic heterocycles. The van der Waals surface area contributed by atoms with E-state index in [9.17, 15) is 0 Å². The highest BCUT2D eigenvalue weighted by atomic mass is 15.4. The second kappa shape index (κ2) is 3.39. The maximum Gasteiger partial charge on any atom is 0.161 e. The number of hydrazine groups is 1. The molecule has 0 aliphatic rings. The lowest BCUT2D eigenvalue weighted by atomic mass is 10.2. The minimum atomic E-state index is 0.612. The normalized spacial score (nSPS) is 10.5. The Morgan fingerprint density at radius 3 is 2.91 bits per heavy atom. The lowest BCUT2D eigenvalue weighted by molar-refractivity contribution is 0.484. The number of nitrogens with zero attached hydrogens (tertiary/aromatic N) is 2. The first-order valence-corrected chi connectivity index (χ1v) is 3.72. The predicted octanol–water partition coefficient (Wildman–Crippen LogP) is 0.825. The molecule has 0 atom stereocenters. The van der Waals surface area contributed by atoms with Crippen LogP contribution in [0.5, 0.6) is 0 Å². The highest BCUT2D eigenvalue weighted by Gasteiger charge is 1.98. The smallest absolute Gasteiger partial charge is 0.161 e. The van der Waals surface area contributed by atoms with E-state index in [0.29, 0.717) is 11.7 Å². The van der Waals surface area contributed by atoms with Crippen LogP contribution in [0.25, 0.3) is 0 Å². The summed E-state index contributed by atoms with van der Waals surface area (Å²) in [6.45, 7) is 5.23. The number of nitrogens with one attached hydrogen (secondary N) is 1. The fraction of sp³-hybridized carbons (Fsp3) is 0.571. The molecule has 0 saturated carbocycles. The number of hydrogen-bond donors (Lipinski definition) is 2. The van der Waals surface area contributed by atoms with Crippen molar-refractivity contribution in [2.75, 3.05) is 5.43 Å². The Kier molecular flexibility index (Phi) is 2.48. The molecule has 62 valence electrons. The number of anilines is 1. The first-order chi connectivity index (χ1) is 5.22. The van der Waals surface area contributed by atoms with Crippen molar-refractivity contribution < 1.29 is 0 Å². The molecule has 11 heavy (non-hydrogen) atoms. The zero-order valence-electron chi connectivity index (χ0n) is 6.91. The highest BCUT2D eigenvalue weighted by Crippen LogP contribution is 2.02.